The normalized spacial score (nSPS) is 19.2. The number of hydrogen-bond donors (Lipinski definition) is 2. The number of aromatic nitrogens is 3. The summed E-state index contributed by atoms with van der Waals surface area (Å²) >= 11 is 0. The van der Waals surface area contributed by atoms with Crippen molar-refractivity contribution in [2.75, 3.05) is 13.7 Å². The molecule has 0 radical (unpaired) electrons. The van der Waals surface area contributed by atoms with Gasteiger partial charge in [0.05, 0.1) is 18.8 Å². The molecule has 5 rings (SSSR count). The first-order chi connectivity index (χ1) is 14.1. The van der Waals surface area contributed by atoms with Gasteiger partial charge in [0.1, 0.15) is 23.5 Å². The molecule has 0 spiro atoms. The second-order valence-electron chi connectivity index (χ2n) is 7.58. The molecule has 1 atom stereocenters. The van der Waals surface area contributed by atoms with E-state index in [1.54, 1.807) is 13.2 Å². The van der Waals surface area contributed by atoms with E-state index in [2.05, 4.69) is 26.3 Å². The molecule has 148 valence electrons. The maximum Gasteiger partial charge on any atom is 0.153 e. The van der Waals surface area contributed by atoms with Crippen LogP contribution in [0.15, 0.2) is 36.7 Å². The molecule has 29 heavy (non-hydrogen) atoms. The summed E-state index contributed by atoms with van der Waals surface area (Å²) in [6.45, 7) is 0.657. The highest BCUT2D eigenvalue weighted by molar-refractivity contribution is 5.95. The van der Waals surface area contributed by atoms with Crippen molar-refractivity contribution >= 4 is 22.4 Å². The molecule has 1 fully saturated rings. The van der Waals surface area contributed by atoms with E-state index in [0.717, 1.165) is 29.5 Å². The van der Waals surface area contributed by atoms with Gasteiger partial charge in [-0.2, -0.15) is 0 Å². The molecule has 1 aromatic carbocycles. The molecule has 7 heteroatoms. The molecule has 2 aromatic heterocycles. The van der Waals surface area contributed by atoms with Gasteiger partial charge in [-0.1, -0.05) is 6.08 Å². The molecule has 1 aliphatic heterocycles. The van der Waals surface area contributed by atoms with Crippen molar-refractivity contribution in [1.82, 2.24) is 20.3 Å². The van der Waals surface area contributed by atoms with E-state index in [0.29, 0.717) is 41.4 Å². The number of carbonyl (C=O) groups excluding carboxylic acids is 1. The SMILES string of the molecule is COc1ccc(F)cc1-c1ncnc2[nH]c(C3=CCNC(C(=O)C4CC4)C3)cc12. The van der Waals surface area contributed by atoms with Gasteiger partial charge in [0.25, 0.3) is 0 Å². The van der Waals surface area contributed by atoms with E-state index >= 15 is 0 Å². The predicted octanol–water partition coefficient (Wildman–Crippen LogP) is 3.50. The lowest BCUT2D eigenvalue weighted by Crippen LogP contribution is -2.40. The fourth-order valence-electron chi connectivity index (χ4n) is 3.97. The molecule has 0 bridgehead atoms. The van der Waals surface area contributed by atoms with Crippen molar-refractivity contribution in [1.29, 1.82) is 0 Å². The number of benzene rings is 1. The number of Topliss-reactive ketones (excluding diaryl/α,β-unsaturated/α-hetero) is 1. The van der Waals surface area contributed by atoms with Crippen LogP contribution >= 0.6 is 0 Å². The van der Waals surface area contributed by atoms with Crippen molar-refractivity contribution in [2.45, 2.75) is 25.3 Å². The highest BCUT2D eigenvalue weighted by atomic mass is 19.1. The van der Waals surface area contributed by atoms with E-state index < -0.39 is 0 Å². The second-order valence-corrected chi connectivity index (χ2v) is 7.58. The monoisotopic (exact) mass is 392 g/mol. The lowest BCUT2D eigenvalue weighted by Gasteiger charge is -2.22. The maximum absolute atomic E-state index is 13.9. The summed E-state index contributed by atoms with van der Waals surface area (Å²) in [6, 6.07) is 6.21. The Kier molecular flexibility index (Phi) is 4.39. The number of nitrogens with one attached hydrogen (secondary N) is 2. The van der Waals surface area contributed by atoms with Gasteiger partial charge in [-0.3, -0.25) is 4.79 Å². The van der Waals surface area contributed by atoms with Crippen LogP contribution in [0.5, 0.6) is 5.75 Å². The average molecular weight is 392 g/mol. The van der Waals surface area contributed by atoms with E-state index in [1.165, 1.54) is 18.5 Å². The number of halogens is 1. The van der Waals surface area contributed by atoms with Gasteiger partial charge in [-0.25, -0.2) is 14.4 Å². The summed E-state index contributed by atoms with van der Waals surface area (Å²) in [6.07, 6.45) is 6.22. The first kappa shape index (κ1) is 18.0. The maximum atomic E-state index is 13.9. The largest absolute Gasteiger partial charge is 0.496 e. The minimum absolute atomic E-state index is 0.136. The van der Waals surface area contributed by atoms with Gasteiger partial charge < -0.3 is 15.0 Å². The Labute approximate surface area is 167 Å². The van der Waals surface area contributed by atoms with Crippen LogP contribution in [-0.4, -0.2) is 40.4 Å². The highest BCUT2D eigenvalue weighted by Gasteiger charge is 2.35. The number of ketones is 1. The van der Waals surface area contributed by atoms with Crippen molar-refractivity contribution in [3.05, 3.63) is 48.2 Å². The lowest BCUT2D eigenvalue weighted by molar-refractivity contribution is -0.122. The number of hydrogen-bond acceptors (Lipinski definition) is 5. The zero-order valence-corrected chi connectivity index (χ0v) is 16.0. The summed E-state index contributed by atoms with van der Waals surface area (Å²) in [5, 5.41) is 4.09. The topological polar surface area (TPSA) is 79.9 Å². The zero-order chi connectivity index (χ0) is 20.0. The number of ether oxygens (including phenoxy) is 1. The van der Waals surface area contributed by atoms with E-state index in [9.17, 15) is 9.18 Å². The smallest absolute Gasteiger partial charge is 0.153 e. The van der Waals surface area contributed by atoms with Crippen LogP contribution in [0.4, 0.5) is 4.39 Å². The second kappa shape index (κ2) is 7.08. The minimum atomic E-state index is -0.356. The van der Waals surface area contributed by atoms with Crippen molar-refractivity contribution in [3.8, 4) is 17.0 Å². The third kappa shape index (κ3) is 3.31. The van der Waals surface area contributed by atoms with Crippen LogP contribution in [-0.2, 0) is 4.79 Å². The Morgan fingerprint density at radius 3 is 2.90 bits per heavy atom. The number of methoxy groups -OCH3 is 1. The molecule has 3 heterocycles. The van der Waals surface area contributed by atoms with E-state index in [1.807, 2.05) is 6.07 Å². The molecule has 0 amide bonds. The number of fused-ring (bicyclic) bond motifs is 1. The average Bonchev–Trinajstić information content (AvgIpc) is 3.51. The number of nitrogens with zero attached hydrogens (tertiary/aromatic N) is 2. The molecule has 3 aromatic rings. The van der Waals surface area contributed by atoms with Crippen molar-refractivity contribution in [2.24, 2.45) is 5.92 Å². The van der Waals surface area contributed by atoms with E-state index in [-0.39, 0.29) is 17.8 Å². The first-order valence-corrected chi connectivity index (χ1v) is 9.78. The lowest BCUT2D eigenvalue weighted by atomic mass is 9.94. The zero-order valence-electron chi connectivity index (χ0n) is 16.0. The quantitative estimate of drug-likeness (QED) is 0.695. The molecule has 2 N–H and O–H groups in total. The number of H-pyrrole nitrogens is 1. The molecular weight excluding hydrogens is 371 g/mol. The van der Waals surface area contributed by atoms with Gasteiger partial charge in [0, 0.05) is 29.1 Å². The Balaban J connectivity index is 1.53. The molecule has 2 aliphatic rings. The Bertz CT molecular complexity index is 1130. The summed E-state index contributed by atoms with van der Waals surface area (Å²) in [4.78, 5) is 24.6. The molecule has 0 saturated heterocycles. The molecular formula is C22H21FN4O2. The van der Waals surface area contributed by atoms with Gasteiger partial charge in [0.15, 0.2) is 5.78 Å². The van der Waals surface area contributed by atoms with Crippen molar-refractivity contribution < 1.29 is 13.9 Å². The Morgan fingerprint density at radius 1 is 1.24 bits per heavy atom. The predicted molar refractivity (Wildman–Crippen MR) is 108 cm³/mol. The van der Waals surface area contributed by atoms with Crippen LogP contribution in [0, 0.1) is 11.7 Å². The Hall–Kier alpha value is -3.06. The fraction of sp³-hybridized carbons (Fsp3) is 0.318. The van der Waals surface area contributed by atoms with Crippen LogP contribution in [0.1, 0.15) is 25.0 Å². The third-order valence-corrected chi connectivity index (χ3v) is 5.65. The van der Waals surface area contributed by atoms with Gasteiger partial charge in [0.2, 0.25) is 0 Å². The van der Waals surface area contributed by atoms with Crippen LogP contribution in [0.25, 0.3) is 27.9 Å². The van der Waals surface area contributed by atoms with Crippen LogP contribution in [0.3, 0.4) is 0 Å². The van der Waals surface area contributed by atoms with Crippen LogP contribution in [0.2, 0.25) is 0 Å². The molecule has 6 nitrogen and oxygen atoms in total. The van der Waals surface area contributed by atoms with Gasteiger partial charge in [-0.15, -0.1) is 0 Å². The van der Waals surface area contributed by atoms with E-state index in [4.69, 9.17) is 4.74 Å². The summed E-state index contributed by atoms with van der Waals surface area (Å²) in [5.41, 5.74) is 3.84. The van der Waals surface area contributed by atoms with Crippen LogP contribution < -0.4 is 10.1 Å². The fourth-order valence-corrected chi connectivity index (χ4v) is 3.97. The summed E-state index contributed by atoms with van der Waals surface area (Å²) in [5.74, 6) is 0.736. The highest BCUT2D eigenvalue weighted by Crippen LogP contribution is 2.36. The first-order valence-electron chi connectivity index (χ1n) is 9.78. The van der Waals surface area contributed by atoms with Gasteiger partial charge in [-0.05, 0) is 49.1 Å². The third-order valence-electron chi connectivity index (χ3n) is 5.65. The number of aromatic amines is 1. The van der Waals surface area contributed by atoms with Crippen molar-refractivity contribution in [3.63, 3.8) is 0 Å². The Morgan fingerprint density at radius 2 is 2.10 bits per heavy atom. The summed E-state index contributed by atoms with van der Waals surface area (Å²) in [7, 11) is 1.55. The number of rotatable bonds is 5. The minimum Gasteiger partial charge on any atom is -0.496 e. The molecule has 1 aliphatic carbocycles. The molecule has 1 saturated carbocycles. The summed E-state index contributed by atoms with van der Waals surface area (Å²) < 4.78 is 19.3. The molecule has 1 unspecified atom stereocenters. The van der Waals surface area contributed by atoms with Gasteiger partial charge >= 0.3 is 0 Å². The standard InChI is InChI=1S/C22H21FN4O2/c1-29-19-5-4-14(23)9-15(19)20-16-10-17(27-22(16)26-11-25-20)13-6-7-24-18(8-13)21(28)12-2-3-12/h4-6,9-12,18,24H,2-3,7-8H2,1H3,(H,25,26,27). The number of carbonyl (C=O) groups is 1.